The Morgan fingerprint density at radius 3 is 1.15 bits per heavy atom. The Morgan fingerprint density at radius 2 is 0.775 bits per heavy atom. The molecular formula is C36H70O4. The van der Waals surface area contributed by atoms with Crippen LogP contribution < -0.4 is 0 Å². The molecule has 4 nitrogen and oxygen atoms in total. The molecule has 0 fully saturated rings. The summed E-state index contributed by atoms with van der Waals surface area (Å²) in [6.45, 7) is 4.54. The second kappa shape index (κ2) is 32.5. The van der Waals surface area contributed by atoms with Crippen molar-refractivity contribution in [1.82, 2.24) is 0 Å². The third-order valence-electron chi connectivity index (χ3n) is 8.33. The lowest BCUT2D eigenvalue weighted by Crippen LogP contribution is -2.18. The monoisotopic (exact) mass is 567 g/mol. The molecule has 0 aromatic heterocycles. The Hall–Kier alpha value is -1.06. The van der Waals surface area contributed by atoms with Crippen molar-refractivity contribution in [2.75, 3.05) is 0 Å². The summed E-state index contributed by atoms with van der Waals surface area (Å²) in [6, 6.07) is 0. The van der Waals surface area contributed by atoms with E-state index < -0.39 is 5.97 Å². The standard InChI is InChI=1S/C36H70O4/c1-3-5-7-9-11-13-15-16-17-18-20-22-24-26-28-33-36(39)40-34(31-29-32-35(37)38)30-27-25-23-21-19-14-12-10-8-6-4-2/h34H,3-33H2,1-2H3,(H,37,38). The van der Waals surface area contributed by atoms with Crippen molar-refractivity contribution in [2.45, 2.75) is 219 Å². The smallest absolute Gasteiger partial charge is 0.306 e. The van der Waals surface area contributed by atoms with Gasteiger partial charge in [0.15, 0.2) is 0 Å². The van der Waals surface area contributed by atoms with Gasteiger partial charge in [0.05, 0.1) is 0 Å². The first-order chi connectivity index (χ1) is 19.6. The van der Waals surface area contributed by atoms with Crippen molar-refractivity contribution in [3.63, 3.8) is 0 Å². The van der Waals surface area contributed by atoms with Crippen LogP contribution in [0.5, 0.6) is 0 Å². The third-order valence-corrected chi connectivity index (χ3v) is 8.33. The fourth-order valence-corrected chi connectivity index (χ4v) is 5.66. The van der Waals surface area contributed by atoms with E-state index in [4.69, 9.17) is 9.84 Å². The van der Waals surface area contributed by atoms with E-state index in [1.54, 1.807) is 0 Å². The first-order valence-corrected chi connectivity index (χ1v) is 18.0. The Kier molecular flexibility index (Phi) is 31.6. The van der Waals surface area contributed by atoms with Gasteiger partial charge in [-0.25, -0.2) is 0 Å². The zero-order chi connectivity index (χ0) is 29.4. The first kappa shape index (κ1) is 38.9. The Balaban J connectivity index is 3.77. The van der Waals surface area contributed by atoms with Gasteiger partial charge in [-0.05, 0) is 32.1 Å². The maximum atomic E-state index is 12.4. The fraction of sp³-hybridized carbons (Fsp3) is 0.944. The highest BCUT2D eigenvalue weighted by Gasteiger charge is 2.15. The number of hydrogen-bond acceptors (Lipinski definition) is 3. The molecule has 0 radical (unpaired) electrons. The summed E-state index contributed by atoms with van der Waals surface area (Å²) in [5, 5.41) is 8.98. The summed E-state index contributed by atoms with van der Waals surface area (Å²) in [4.78, 5) is 23.4. The molecule has 1 atom stereocenters. The molecular weight excluding hydrogens is 496 g/mol. The van der Waals surface area contributed by atoms with Gasteiger partial charge in [0.1, 0.15) is 6.10 Å². The normalized spacial score (nSPS) is 12.1. The van der Waals surface area contributed by atoms with E-state index in [9.17, 15) is 9.59 Å². The van der Waals surface area contributed by atoms with Crippen LogP contribution in [0.2, 0.25) is 0 Å². The zero-order valence-electron chi connectivity index (χ0n) is 27.2. The molecule has 0 aromatic rings. The van der Waals surface area contributed by atoms with Gasteiger partial charge in [0, 0.05) is 12.8 Å². The van der Waals surface area contributed by atoms with Gasteiger partial charge < -0.3 is 9.84 Å². The molecule has 0 saturated heterocycles. The minimum absolute atomic E-state index is 0.0851. The molecule has 0 aliphatic rings. The Bertz CT molecular complexity index is 533. The molecule has 0 amide bonds. The van der Waals surface area contributed by atoms with E-state index in [0.29, 0.717) is 19.3 Å². The summed E-state index contributed by atoms with van der Waals surface area (Å²) >= 11 is 0. The summed E-state index contributed by atoms with van der Waals surface area (Å²) in [7, 11) is 0. The van der Waals surface area contributed by atoms with Crippen molar-refractivity contribution in [2.24, 2.45) is 0 Å². The molecule has 238 valence electrons. The zero-order valence-corrected chi connectivity index (χ0v) is 27.2. The van der Waals surface area contributed by atoms with Gasteiger partial charge in [0.25, 0.3) is 0 Å². The summed E-state index contributed by atoms with van der Waals surface area (Å²) in [6.07, 6.45) is 36.8. The lowest BCUT2D eigenvalue weighted by atomic mass is 10.0. The predicted molar refractivity (Wildman–Crippen MR) is 172 cm³/mol. The van der Waals surface area contributed by atoms with E-state index >= 15 is 0 Å². The third kappa shape index (κ3) is 31.5. The second-order valence-electron chi connectivity index (χ2n) is 12.4. The number of carbonyl (C=O) groups excluding carboxylic acids is 1. The highest BCUT2D eigenvalue weighted by Crippen LogP contribution is 2.18. The molecule has 0 heterocycles. The van der Waals surface area contributed by atoms with Crippen LogP contribution in [0.3, 0.4) is 0 Å². The fourth-order valence-electron chi connectivity index (χ4n) is 5.66. The van der Waals surface area contributed by atoms with Crippen LogP contribution in [-0.2, 0) is 14.3 Å². The number of carboxylic acids is 1. The van der Waals surface area contributed by atoms with Gasteiger partial charge in [-0.1, -0.05) is 168 Å². The molecule has 0 bridgehead atoms. The van der Waals surface area contributed by atoms with Crippen LogP contribution >= 0.6 is 0 Å². The van der Waals surface area contributed by atoms with Crippen LogP contribution in [0, 0.1) is 0 Å². The largest absolute Gasteiger partial charge is 0.481 e. The quantitative estimate of drug-likeness (QED) is 0.0633. The molecule has 40 heavy (non-hydrogen) atoms. The molecule has 1 N–H and O–H groups in total. The lowest BCUT2D eigenvalue weighted by Gasteiger charge is -2.18. The highest BCUT2D eigenvalue weighted by atomic mass is 16.5. The molecule has 4 heteroatoms. The predicted octanol–water partition coefficient (Wildman–Crippen LogP) is 12.1. The van der Waals surface area contributed by atoms with Crippen molar-refractivity contribution in [3.05, 3.63) is 0 Å². The topological polar surface area (TPSA) is 63.6 Å². The van der Waals surface area contributed by atoms with Gasteiger partial charge in [-0.3, -0.25) is 9.59 Å². The number of hydrogen-bond donors (Lipinski definition) is 1. The average Bonchev–Trinajstić information content (AvgIpc) is 2.93. The molecule has 0 rings (SSSR count). The number of unbranched alkanes of at least 4 members (excludes halogenated alkanes) is 24. The number of carboxylic acid groups (broad SMARTS) is 1. The van der Waals surface area contributed by atoms with E-state index in [2.05, 4.69) is 13.8 Å². The van der Waals surface area contributed by atoms with Crippen LogP contribution in [0.25, 0.3) is 0 Å². The number of aliphatic carboxylic acids is 1. The average molecular weight is 567 g/mol. The van der Waals surface area contributed by atoms with Crippen LogP contribution in [0.15, 0.2) is 0 Å². The van der Waals surface area contributed by atoms with Crippen LogP contribution in [0.1, 0.15) is 213 Å². The van der Waals surface area contributed by atoms with E-state index in [1.807, 2.05) is 0 Å². The van der Waals surface area contributed by atoms with Crippen LogP contribution in [-0.4, -0.2) is 23.1 Å². The maximum absolute atomic E-state index is 12.4. The minimum atomic E-state index is -0.766. The number of carbonyl (C=O) groups is 2. The minimum Gasteiger partial charge on any atom is -0.481 e. The highest BCUT2D eigenvalue weighted by molar-refractivity contribution is 5.69. The van der Waals surface area contributed by atoms with E-state index in [-0.39, 0.29) is 18.5 Å². The summed E-state index contributed by atoms with van der Waals surface area (Å²) in [5.74, 6) is -0.851. The summed E-state index contributed by atoms with van der Waals surface area (Å²) < 4.78 is 5.81. The van der Waals surface area contributed by atoms with Crippen molar-refractivity contribution < 1.29 is 19.4 Å². The van der Waals surface area contributed by atoms with E-state index in [0.717, 1.165) is 25.7 Å². The number of rotatable bonds is 33. The lowest BCUT2D eigenvalue weighted by molar-refractivity contribution is -0.150. The second-order valence-corrected chi connectivity index (χ2v) is 12.4. The Morgan fingerprint density at radius 1 is 0.450 bits per heavy atom. The molecule has 0 aliphatic heterocycles. The summed E-state index contributed by atoms with van der Waals surface area (Å²) in [5.41, 5.74) is 0. The molecule has 0 spiro atoms. The van der Waals surface area contributed by atoms with Crippen molar-refractivity contribution in [1.29, 1.82) is 0 Å². The first-order valence-electron chi connectivity index (χ1n) is 18.0. The number of ether oxygens (including phenoxy) is 1. The van der Waals surface area contributed by atoms with E-state index in [1.165, 1.54) is 148 Å². The SMILES string of the molecule is CCCCCCCCCCCCCCCCCC(=O)OC(CCCCCCCCCCCCC)CCCC(=O)O. The van der Waals surface area contributed by atoms with Gasteiger partial charge in [0.2, 0.25) is 0 Å². The van der Waals surface area contributed by atoms with Crippen LogP contribution in [0.4, 0.5) is 0 Å². The number of esters is 1. The molecule has 0 aliphatic carbocycles. The maximum Gasteiger partial charge on any atom is 0.306 e. The van der Waals surface area contributed by atoms with Gasteiger partial charge >= 0.3 is 11.9 Å². The van der Waals surface area contributed by atoms with Crippen molar-refractivity contribution in [3.8, 4) is 0 Å². The van der Waals surface area contributed by atoms with Crippen molar-refractivity contribution >= 4 is 11.9 Å². The van der Waals surface area contributed by atoms with Gasteiger partial charge in [-0.15, -0.1) is 0 Å². The van der Waals surface area contributed by atoms with Gasteiger partial charge in [-0.2, -0.15) is 0 Å². The molecule has 1 unspecified atom stereocenters. The molecule has 0 aromatic carbocycles. The molecule has 0 saturated carbocycles. The Labute approximate surface area is 250 Å².